The number of imidazole rings is 1. The van der Waals surface area contributed by atoms with Crippen molar-refractivity contribution in [1.29, 1.82) is 0 Å². The molecule has 9 heteroatoms. The van der Waals surface area contributed by atoms with Gasteiger partial charge in [-0.15, -0.1) is 0 Å². The quantitative estimate of drug-likeness (QED) is 0.739. The summed E-state index contributed by atoms with van der Waals surface area (Å²) in [5, 5.41) is 2.88. The maximum atomic E-state index is 12.5. The Kier molecular flexibility index (Phi) is 3.73. The largest absolute Gasteiger partial charge is 0.341 e. The molecular formula is C15H16N8O. The van der Waals surface area contributed by atoms with Gasteiger partial charge in [-0.1, -0.05) is 0 Å². The smallest absolute Gasteiger partial charge is 0.228 e. The van der Waals surface area contributed by atoms with Gasteiger partial charge in [0.2, 0.25) is 11.9 Å². The number of rotatable bonds is 3. The number of nitrogens with zero attached hydrogens (tertiary/aromatic N) is 6. The zero-order valence-electron chi connectivity index (χ0n) is 12.9. The zero-order valence-corrected chi connectivity index (χ0v) is 12.9. The maximum Gasteiger partial charge on any atom is 0.228 e. The summed E-state index contributed by atoms with van der Waals surface area (Å²) in [6, 6.07) is 1.79. The molecule has 0 radical (unpaired) electrons. The van der Waals surface area contributed by atoms with E-state index in [-0.39, 0.29) is 11.8 Å². The number of aromatic nitrogens is 6. The average Bonchev–Trinajstić information content (AvgIpc) is 3.12. The molecule has 0 aliphatic carbocycles. The lowest BCUT2D eigenvalue weighted by Gasteiger charge is -2.31. The second-order valence-electron chi connectivity index (χ2n) is 5.62. The van der Waals surface area contributed by atoms with Crippen LogP contribution in [0.25, 0.3) is 11.2 Å². The number of anilines is 2. The van der Waals surface area contributed by atoms with E-state index >= 15 is 0 Å². The molecule has 1 amide bonds. The van der Waals surface area contributed by atoms with Crippen LogP contribution in [0, 0.1) is 5.92 Å². The second kappa shape index (κ2) is 6.19. The van der Waals surface area contributed by atoms with Crippen LogP contribution in [-0.4, -0.2) is 48.9 Å². The summed E-state index contributed by atoms with van der Waals surface area (Å²) in [7, 11) is 0. The number of amides is 1. The summed E-state index contributed by atoms with van der Waals surface area (Å²) >= 11 is 0. The van der Waals surface area contributed by atoms with Gasteiger partial charge < -0.3 is 15.2 Å². The van der Waals surface area contributed by atoms with Crippen LogP contribution in [0.5, 0.6) is 0 Å². The highest BCUT2D eigenvalue weighted by atomic mass is 16.2. The Bertz CT molecular complexity index is 841. The second-order valence-corrected chi connectivity index (χ2v) is 5.62. The predicted octanol–water partition coefficient (Wildman–Crippen LogP) is 0.998. The molecule has 1 fully saturated rings. The lowest BCUT2D eigenvalue weighted by molar-refractivity contribution is -0.120. The normalized spacial score (nSPS) is 15.6. The predicted molar refractivity (Wildman–Crippen MR) is 87.3 cm³/mol. The van der Waals surface area contributed by atoms with Gasteiger partial charge in [0.05, 0.1) is 6.33 Å². The van der Waals surface area contributed by atoms with Crippen LogP contribution in [0.4, 0.5) is 11.8 Å². The maximum absolute atomic E-state index is 12.5. The Morgan fingerprint density at radius 2 is 1.92 bits per heavy atom. The van der Waals surface area contributed by atoms with Gasteiger partial charge in [0.15, 0.2) is 11.5 Å². The lowest BCUT2D eigenvalue weighted by Crippen LogP contribution is -2.39. The zero-order chi connectivity index (χ0) is 16.4. The molecule has 3 aromatic rings. The Morgan fingerprint density at radius 1 is 1.12 bits per heavy atom. The number of H-pyrrole nitrogens is 1. The molecule has 2 N–H and O–H groups in total. The molecule has 1 aliphatic rings. The van der Waals surface area contributed by atoms with Crippen molar-refractivity contribution in [1.82, 2.24) is 29.9 Å². The van der Waals surface area contributed by atoms with E-state index in [0.717, 1.165) is 25.9 Å². The van der Waals surface area contributed by atoms with Gasteiger partial charge in [-0.05, 0) is 18.9 Å². The van der Waals surface area contributed by atoms with Gasteiger partial charge >= 0.3 is 0 Å². The van der Waals surface area contributed by atoms with Gasteiger partial charge in [0.1, 0.15) is 11.8 Å². The van der Waals surface area contributed by atoms with Crippen LogP contribution in [0.2, 0.25) is 0 Å². The van der Waals surface area contributed by atoms with Crippen molar-refractivity contribution in [3.05, 3.63) is 31.1 Å². The molecule has 4 heterocycles. The first-order chi connectivity index (χ1) is 11.8. The molecule has 9 nitrogen and oxygen atoms in total. The van der Waals surface area contributed by atoms with Crippen LogP contribution in [0.1, 0.15) is 12.8 Å². The summed E-state index contributed by atoms with van der Waals surface area (Å²) < 4.78 is 0. The molecule has 1 saturated heterocycles. The van der Waals surface area contributed by atoms with Crippen molar-refractivity contribution in [2.75, 3.05) is 23.3 Å². The van der Waals surface area contributed by atoms with Crippen LogP contribution >= 0.6 is 0 Å². The third-order valence-corrected chi connectivity index (χ3v) is 4.17. The number of piperidine rings is 1. The fourth-order valence-corrected chi connectivity index (χ4v) is 2.87. The number of aromatic amines is 1. The molecule has 0 saturated carbocycles. The van der Waals surface area contributed by atoms with Gasteiger partial charge in [0, 0.05) is 31.4 Å². The van der Waals surface area contributed by atoms with Crippen LogP contribution in [-0.2, 0) is 4.79 Å². The number of hydrogen-bond acceptors (Lipinski definition) is 7. The molecule has 1 aliphatic heterocycles. The van der Waals surface area contributed by atoms with E-state index in [4.69, 9.17) is 0 Å². The van der Waals surface area contributed by atoms with E-state index in [1.807, 2.05) is 0 Å². The summed E-state index contributed by atoms with van der Waals surface area (Å²) in [5.41, 5.74) is 1.18. The molecule has 3 aromatic heterocycles. The van der Waals surface area contributed by atoms with Gasteiger partial charge in [0.25, 0.3) is 0 Å². The van der Waals surface area contributed by atoms with E-state index in [2.05, 4.69) is 40.1 Å². The van der Waals surface area contributed by atoms with E-state index < -0.39 is 0 Å². The minimum absolute atomic E-state index is 0.0294. The molecule has 0 bridgehead atoms. The minimum Gasteiger partial charge on any atom is -0.341 e. The highest BCUT2D eigenvalue weighted by Crippen LogP contribution is 2.22. The Hall–Kier alpha value is -3.10. The molecule has 0 spiro atoms. The van der Waals surface area contributed by atoms with Crippen molar-refractivity contribution in [2.45, 2.75) is 12.8 Å². The van der Waals surface area contributed by atoms with Crippen molar-refractivity contribution >= 4 is 28.8 Å². The standard InChI is InChI=1S/C15H16N8O/c24-14(22-13-11-12(19-8-18-11)20-9-21-13)10-2-6-23(7-3-10)15-16-4-1-5-17-15/h1,4-5,8-10H,2-3,6-7H2,(H2,18,19,20,21,22,24). The van der Waals surface area contributed by atoms with E-state index in [9.17, 15) is 4.79 Å². The molecule has 0 unspecified atom stereocenters. The number of hydrogen-bond donors (Lipinski definition) is 2. The lowest BCUT2D eigenvalue weighted by atomic mass is 9.96. The topological polar surface area (TPSA) is 113 Å². The fraction of sp³-hybridized carbons (Fsp3) is 0.333. The number of carbonyl (C=O) groups is 1. The highest BCUT2D eigenvalue weighted by Gasteiger charge is 2.26. The summed E-state index contributed by atoms with van der Waals surface area (Å²) in [6.07, 6.45) is 7.89. The average molecular weight is 324 g/mol. The molecule has 24 heavy (non-hydrogen) atoms. The number of carbonyl (C=O) groups excluding carboxylic acids is 1. The van der Waals surface area contributed by atoms with E-state index in [0.29, 0.717) is 22.9 Å². The third kappa shape index (κ3) is 2.75. The first-order valence-corrected chi connectivity index (χ1v) is 7.78. The summed E-state index contributed by atoms with van der Waals surface area (Å²) in [6.45, 7) is 1.51. The fourth-order valence-electron chi connectivity index (χ4n) is 2.87. The van der Waals surface area contributed by atoms with Gasteiger partial charge in [-0.25, -0.2) is 24.9 Å². The van der Waals surface area contributed by atoms with Gasteiger partial charge in [-0.3, -0.25) is 4.79 Å². The highest BCUT2D eigenvalue weighted by molar-refractivity contribution is 5.97. The monoisotopic (exact) mass is 324 g/mol. The molecule has 4 rings (SSSR count). The number of fused-ring (bicyclic) bond motifs is 1. The van der Waals surface area contributed by atoms with Crippen LogP contribution < -0.4 is 10.2 Å². The Balaban J connectivity index is 1.41. The van der Waals surface area contributed by atoms with Crippen molar-refractivity contribution in [3.63, 3.8) is 0 Å². The summed E-state index contributed by atoms with van der Waals surface area (Å²) in [5.74, 6) is 1.10. The molecular weight excluding hydrogens is 308 g/mol. The van der Waals surface area contributed by atoms with E-state index in [1.165, 1.54) is 12.7 Å². The summed E-state index contributed by atoms with van der Waals surface area (Å²) in [4.78, 5) is 38.3. The van der Waals surface area contributed by atoms with Gasteiger partial charge in [-0.2, -0.15) is 0 Å². The van der Waals surface area contributed by atoms with Crippen LogP contribution in [0.3, 0.4) is 0 Å². The first kappa shape index (κ1) is 14.5. The Labute approximate surface area is 137 Å². The molecule has 122 valence electrons. The SMILES string of the molecule is O=C(Nc1ncnc2nc[nH]c12)C1CCN(c2ncccn2)CC1. The first-order valence-electron chi connectivity index (χ1n) is 7.78. The van der Waals surface area contributed by atoms with Crippen LogP contribution in [0.15, 0.2) is 31.1 Å². The van der Waals surface area contributed by atoms with Crippen molar-refractivity contribution in [2.24, 2.45) is 5.92 Å². The van der Waals surface area contributed by atoms with Crippen molar-refractivity contribution < 1.29 is 4.79 Å². The van der Waals surface area contributed by atoms with Crippen molar-refractivity contribution in [3.8, 4) is 0 Å². The molecule has 0 aromatic carbocycles. The number of nitrogens with one attached hydrogen (secondary N) is 2. The molecule has 0 atom stereocenters. The third-order valence-electron chi connectivity index (χ3n) is 4.17. The Morgan fingerprint density at radius 3 is 2.71 bits per heavy atom. The van der Waals surface area contributed by atoms with E-state index in [1.54, 1.807) is 18.5 Å². The minimum atomic E-state index is -0.0575.